The van der Waals surface area contributed by atoms with E-state index in [0.717, 1.165) is 26.1 Å². The summed E-state index contributed by atoms with van der Waals surface area (Å²) < 4.78 is 0. The second-order valence-electron chi connectivity index (χ2n) is 4.75. The second-order valence-corrected chi connectivity index (χ2v) is 4.75. The molecule has 1 aliphatic rings. The molecule has 0 radical (unpaired) electrons. The fourth-order valence-electron chi connectivity index (χ4n) is 1.89. The maximum absolute atomic E-state index is 11.0. The van der Waals surface area contributed by atoms with Gasteiger partial charge in [-0.1, -0.05) is 6.92 Å². The average molecular weight is 227 g/mol. The van der Waals surface area contributed by atoms with Gasteiger partial charge in [-0.2, -0.15) is 0 Å². The van der Waals surface area contributed by atoms with Gasteiger partial charge in [0.25, 0.3) is 0 Å². The minimum atomic E-state index is 0.198. The molecule has 1 saturated heterocycles. The van der Waals surface area contributed by atoms with Crippen molar-refractivity contribution in [1.82, 2.24) is 15.5 Å². The minimum absolute atomic E-state index is 0.198. The summed E-state index contributed by atoms with van der Waals surface area (Å²) in [6.45, 7) is 7.42. The van der Waals surface area contributed by atoms with Crippen LogP contribution in [0.5, 0.6) is 0 Å². The number of hydrogen-bond acceptors (Lipinski definition) is 3. The Morgan fingerprint density at radius 1 is 1.62 bits per heavy atom. The van der Waals surface area contributed by atoms with Crippen LogP contribution in [0.3, 0.4) is 0 Å². The van der Waals surface area contributed by atoms with Gasteiger partial charge in [-0.15, -0.1) is 0 Å². The lowest BCUT2D eigenvalue weighted by Gasteiger charge is -2.23. The van der Waals surface area contributed by atoms with E-state index < -0.39 is 0 Å². The van der Waals surface area contributed by atoms with Crippen LogP contribution in [0.2, 0.25) is 0 Å². The summed E-state index contributed by atoms with van der Waals surface area (Å²) in [5.41, 5.74) is 0. The van der Waals surface area contributed by atoms with E-state index in [9.17, 15) is 4.79 Å². The minimum Gasteiger partial charge on any atom is -0.352 e. The zero-order valence-electron chi connectivity index (χ0n) is 10.8. The lowest BCUT2D eigenvalue weighted by Crippen LogP contribution is -2.40. The van der Waals surface area contributed by atoms with E-state index >= 15 is 0 Å². The lowest BCUT2D eigenvalue weighted by atomic mass is 10.2. The van der Waals surface area contributed by atoms with Crippen molar-refractivity contribution in [3.8, 4) is 0 Å². The van der Waals surface area contributed by atoms with Crippen molar-refractivity contribution in [3.05, 3.63) is 0 Å². The summed E-state index contributed by atoms with van der Waals surface area (Å²) >= 11 is 0. The zero-order valence-corrected chi connectivity index (χ0v) is 10.8. The molecule has 2 N–H and O–H groups in total. The van der Waals surface area contributed by atoms with Crippen molar-refractivity contribution < 1.29 is 4.79 Å². The van der Waals surface area contributed by atoms with Crippen LogP contribution in [-0.2, 0) is 4.79 Å². The van der Waals surface area contributed by atoms with Gasteiger partial charge in [-0.05, 0) is 26.8 Å². The number of nitrogens with one attached hydrogen (secondary N) is 2. The van der Waals surface area contributed by atoms with Crippen molar-refractivity contribution >= 4 is 5.91 Å². The summed E-state index contributed by atoms with van der Waals surface area (Å²) in [5, 5.41) is 6.36. The molecule has 1 amide bonds. The number of amides is 1. The predicted octanol–water partition coefficient (Wildman–Crippen LogP) is 0.585. The third kappa shape index (κ3) is 4.49. The Morgan fingerprint density at radius 3 is 2.94 bits per heavy atom. The third-order valence-electron chi connectivity index (χ3n) is 3.46. The molecule has 0 aliphatic carbocycles. The van der Waals surface area contributed by atoms with Gasteiger partial charge < -0.3 is 15.5 Å². The average Bonchev–Trinajstić information content (AvgIpc) is 2.69. The maximum Gasteiger partial charge on any atom is 0.220 e. The molecule has 4 heteroatoms. The molecule has 0 aromatic heterocycles. The first-order chi connectivity index (χ1) is 7.63. The fourth-order valence-corrected chi connectivity index (χ4v) is 1.89. The molecule has 94 valence electrons. The van der Waals surface area contributed by atoms with Gasteiger partial charge >= 0.3 is 0 Å². The second kappa shape index (κ2) is 6.86. The molecule has 0 bridgehead atoms. The molecule has 1 heterocycles. The highest BCUT2D eigenvalue weighted by Crippen LogP contribution is 2.04. The highest BCUT2D eigenvalue weighted by molar-refractivity contribution is 5.78. The van der Waals surface area contributed by atoms with Gasteiger partial charge in [0, 0.05) is 38.1 Å². The van der Waals surface area contributed by atoms with Crippen LogP contribution in [0, 0.1) is 0 Å². The van der Waals surface area contributed by atoms with Gasteiger partial charge in [-0.3, -0.25) is 4.79 Å². The number of nitrogens with zero attached hydrogens (tertiary/aromatic N) is 1. The highest BCUT2D eigenvalue weighted by atomic mass is 16.1. The summed E-state index contributed by atoms with van der Waals surface area (Å²) in [6, 6.07) is 0.995. The lowest BCUT2D eigenvalue weighted by molar-refractivity contribution is -0.119. The summed E-state index contributed by atoms with van der Waals surface area (Å²) in [7, 11) is 2.16. The van der Waals surface area contributed by atoms with Crippen molar-refractivity contribution in [3.63, 3.8) is 0 Å². The van der Waals surface area contributed by atoms with Crippen molar-refractivity contribution in [2.24, 2.45) is 0 Å². The van der Waals surface area contributed by atoms with Crippen LogP contribution >= 0.6 is 0 Å². The topological polar surface area (TPSA) is 44.4 Å². The van der Waals surface area contributed by atoms with Crippen LogP contribution in [-0.4, -0.2) is 49.6 Å². The molecule has 0 aromatic rings. The standard InChI is InChI=1S/C12H25N3O/c1-4-10(2)15(3)8-7-13-9-11-5-6-12(16)14-11/h10-11,13H,4-9H2,1-3H3,(H,14,16). The largest absolute Gasteiger partial charge is 0.352 e. The molecule has 0 aromatic carbocycles. The molecular weight excluding hydrogens is 202 g/mol. The molecule has 1 rings (SSSR count). The molecule has 16 heavy (non-hydrogen) atoms. The first-order valence-electron chi connectivity index (χ1n) is 6.33. The molecule has 0 spiro atoms. The Hall–Kier alpha value is -0.610. The van der Waals surface area contributed by atoms with Gasteiger partial charge in [0.05, 0.1) is 0 Å². The van der Waals surface area contributed by atoms with E-state index in [1.54, 1.807) is 0 Å². The van der Waals surface area contributed by atoms with E-state index in [1.807, 2.05) is 0 Å². The SMILES string of the molecule is CCC(C)N(C)CCNCC1CCC(=O)N1. The summed E-state index contributed by atoms with van der Waals surface area (Å²) in [4.78, 5) is 13.3. The van der Waals surface area contributed by atoms with E-state index in [4.69, 9.17) is 0 Å². The Bertz CT molecular complexity index is 220. The Kier molecular flexibility index (Phi) is 5.77. The quantitative estimate of drug-likeness (QED) is 0.626. The first kappa shape index (κ1) is 13.5. The Morgan fingerprint density at radius 2 is 2.38 bits per heavy atom. The number of carbonyl (C=O) groups is 1. The van der Waals surface area contributed by atoms with Gasteiger partial charge in [-0.25, -0.2) is 0 Å². The Labute approximate surface area is 98.8 Å². The smallest absolute Gasteiger partial charge is 0.220 e. The van der Waals surface area contributed by atoms with Crippen molar-refractivity contribution in [1.29, 1.82) is 0 Å². The van der Waals surface area contributed by atoms with E-state index in [2.05, 4.69) is 36.4 Å². The van der Waals surface area contributed by atoms with Crippen LogP contribution in [0.15, 0.2) is 0 Å². The van der Waals surface area contributed by atoms with Crippen LogP contribution in [0.4, 0.5) is 0 Å². The van der Waals surface area contributed by atoms with Crippen LogP contribution < -0.4 is 10.6 Å². The van der Waals surface area contributed by atoms with E-state index in [1.165, 1.54) is 6.42 Å². The molecule has 2 unspecified atom stereocenters. The summed E-state index contributed by atoms with van der Waals surface area (Å²) in [6.07, 6.45) is 2.86. The molecule has 2 atom stereocenters. The molecular formula is C12H25N3O. The van der Waals surface area contributed by atoms with Crippen LogP contribution in [0.25, 0.3) is 0 Å². The zero-order chi connectivity index (χ0) is 12.0. The van der Waals surface area contributed by atoms with Crippen molar-refractivity contribution in [2.75, 3.05) is 26.7 Å². The highest BCUT2D eigenvalue weighted by Gasteiger charge is 2.19. The molecule has 1 aliphatic heterocycles. The van der Waals surface area contributed by atoms with Crippen LogP contribution in [0.1, 0.15) is 33.1 Å². The van der Waals surface area contributed by atoms with E-state index in [-0.39, 0.29) is 5.91 Å². The Balaban J connectivity index is 2.01. The van der Waals surface area contributed by atoms with Gasteiger partial charge in [0.2, 0.25) is 5.91 Å². The number of carbonyl (C=O) groups excluding carboxylic acids is 1. The molecule has 4 nitrogen and oxygen atoms in total. The number of rotatable bonds is 7. The number of likely N-dealkylation sites (N-methyl/N-ethyl adjacent to an activating group) is 1. The first-order valence-corrected chi connectivity index (χ1v) is 6.33. The monoisotopic (exact) mass is 227 g/mol. The van der Waals surface area contributed by atoms with Gasteiger partial charge in [0.15, 0.2) is 0 Å². The van der Waals surface area contributed by atoms with Gasteiger partial charge in [0.1, 0.15) is 0 Å². The van der Waals surface area contributed by atoms with E-state index in [0.29, 0.717) is 18.5 Å². The third-order valence-corrected chi connectivity index (χ3v) is 3.46. The normalized spacial score (nSPS) is 22.5. The fraction of sp³-hybridized carbons (Fsp3) is 0.917. The molecule has 0 saturated carbocycles. The number of hydrogen-bond donors (Lipinski definition) is 2. The summed E-state index contributed by atoms with van der Waals surface area (Å²) in [5.74, 6) is 0.198. The van der Waals surface area contributed by atoms with Crippen molar-refractivity contribution in [2.45, 2.75) is 45.2 Å². The maximum atomic E-state index is 11.0. The molecule has 1 fully saturated rings. The predicted molar refractivity (Wildman–Crippen MR) is 66.4 cm³/mol.